The van der Waals surface area contributed by atoms with Crippen LogP contribution in [-0.4, -0.2) is 34.2 Å². The number of nitrogens with one attached hydrogen (secondary N) is 1. The molecule has 0 aliphatic heterocycles. The van der Waals surface area contributed by atoms with Gasteiger partial charge in [-0.2, -0.15) is 4.37 Å². The molecule has 3 aromatic rings. The van der Waals surface area contributed by atoms with E-state index in [9.17, 15) is 9.59 Å². The summed E-state index contributed by atoms with van der Waals surface area (Å²) in [7, 11) is 1.57. The van der Waals surface area contributed by atoms with Gasteiger partial charge in [0.15, 0.2) is 5.69 Å². The second-order valence-electron chi connectivity index (χ2n) is 8.31. The molecule has 0 saturated heterocycles. The molecule has 1 aromatic heterocycles. The minimum absolute atomic E-state index is 0.000832. The molecule has 1 heterocycles. The number of carbonyl (C=O) groups is 2. The van der Waals surface area contributed by atoms with Crippen molar-refractivity contribution < 1.29 is 14.3 Å². The van der Waals surface area contributed by atoms with Gasteiger partial charge in [-0.05, 0) is 53.7 Å². The number of hydrogen-bond acceptors (Lipinski definition) is 5. The van der Waals surface area contributed by atoms with Crippen molar-refractivity contribution in [3.8, 4) is 5.75 Å². The maximum absolute atomic E-state index is 13.9. The zero-order chi connectivity index (χ0) is 24.9. The van der Waals surface area contributed by atoms with Crippen LogP contribution in [0, 0.1) is 0 Å². The van der Waals surface area contributed by atoms with Crippen molar-refractivity contribution in [3.05, 3.63) is 79.7 Å². The summed E-state index contributed by atoms with van der Waals surface area (Å²) in [5.74, 6) is -0.151. The lowest BCUT2D eigenvalue weighted by Gasteiger charge is -2.32. The van der Waals surface area contributed by atoms with Gasteiger partial charge in [0.05, 0.1) is 7.11 Å². The molecule has 1 saturated carbocycles. The van der Waals surface area contributed by atoms with E-state index >= 15 is 0 Å². The first-order valence-corrected chi connectivity index (χ1v) is 13.1. The topological polar surface area (TPSA) is 71.5 Å². The molecule has 0 unspecified atom stereocenters. The lowest BCUT2D eigenvalue weighted by molar-refractivity contribution is -0.126. The van der Waals surface area contributed by atoms with Crippen molar-refractivity contribution in [1.82, 2.24) is 14.6 Å². The number of amides is 2. The molecule has 0 radical (unpaired) electrons. The lowest BCUT2D eigenvalue weighted by atomic mass is 10.0. The molecule has 1 fully saturated rings. The highest BCUT2D eigenvalue weighted by Crippen LogP contribution is 2.34. The van der Waals surface area contributed by atoms with Crippen LogP contribution in [-0.2, 0) is 11.3 Å². The predicted molar refractivity (Wildman–Crippen MR) is 140 cm³/mol. The summed E-state index contributed by atoms with van der Waals surface area (Å²) < 4.78 is 9.67. The van der Waals surface area contributed by atoms with Gasteiger partial charge in [-0.15, -0.1) is 0 Å². The zero-order valence-corrected chi connectivity index (χ0v) is 22.1. The molecule has 1 aliphatic rings. The highest BCUT2D eigenvalue weighted by atomic mass is 35.5. The Bertz CT molecular complexity index is 1200. The van der Waals surface area contributed by atoms with Crippen LogP contribution in [0.25, 0.3) is 0 Å². The Morgan fingerprint density at radius 1 is 1.11 bits per heavy atom. The maximum atomic E-state index is 13.9. The fourth-order valence-corrected chi connectivity index (χ4v) is 5.41. The van der Waals surface area contributed by atoms with E-state index in [0.717, 1.165) is 37.2 Å². The van der Waals surface area contributed by atoms with Crippen LogP contribution in [0.5, 0.6) is 5.75 Å². The van der Waals surface area contributed by atoms with Crippen LogP contribution in [0.15, 0.2) is 48.5 Å². The molecule has 0 bridgehead atoms. The number of halogens is 3. The Balaban J connectivity index is 1.79. The summed E-state index contributed by atoms with van der Waals surface area (Å²) in [6, 6.07) is 13.4. The van der Waals surface area contributed by atoms with Crippen molar-refractivity contribution in [1.29, 1.82) is 0 Å². The largest absolute Gasteiger partial charge is 0.497 e. The third-order valence-electron chi connectivity index (χ3n) is 6.05. The van der Waals surface area contributed by atoms with E-state index in [1.165, 1.54) is 4.90 Å². The number of nitrogens with zero attached hydrogens (tertiary/aromatic N) is 2. The van der Waals surface area contributed by atoms with Gasteiger partial charge >= 0.3 is 0 Å². The molecule has 1 atom stereocenters. The number of rotatable bonds is 8. The molecular weight excluding hydrogens is 529 g/mol. The monoisotopic (exact) mass is 551 g/mol. The van der Waals surface area contributed by atoms with Crippen LogP contribution < -0.4 is 10.1 Å². The van der Waals surface area contributed by atoms with E-state index < -0.39 is 11.9 Å². The number of hydrogen-bond donors (Lipinski definition) is 1. The first-order valence-electron chi connectivity index (χ1n) is 11.2. The van der Waals surface area contributed by atoms with Crippen molar-refractivity contribution in [3.63, 3.8) is 0 Å². The first-order chi connectivity index (χ1) is 16.9. The molecule has 2 aromatic carbocycles. The summed E-state index contributed by atoms with van der Waals surface area (Å²) in [4.78, 5) is 29.1. The maximum Gasteiger partial charge on any atom is 0.276 e. The Kier molecular flexibility index (Phi) is 8.55. The SMILES string of the molecule is COc1ccc([C@H](C(=O)NC2CCCC2)N(Cc2ccccc2Cl)C(=O)c2nsc(Cl)c2Cl)cc1. The molecule has 10 heteroatoms. The molecule has 6 nitrogen and oxygen atoms in total. The minimum Gasteiger partial charge on any atom is -0.497 e. The van der Waals surface area contributed by atoms with Gasteiger partial charge in [0.2, 0.25) is 5.91 Å². The van der Waals surface area contributed by atoms with Gasteiger partial charge in [0, 0.05) is 17.6 Å². The predicted octanol–water partition coefficient (Wildman–Crippen LogP) is 6.55. The van der Waals surface area contributed by atoms with Crippen molar-refractivity contribution in [2.75, 3.05) is 7.11 Å². The third-order valence-corrected chi connectivity index (χ3v) is 8.03. The molecule has 1 aliphatic carbocycles. The molecule has 2 amide bonds. The summed E-state index contributed by atoms with van der Waals surface area (Å²) in [5.41, 5.74) is 1.31. The van der Waals surface area contributed by atoms with Crippen molar-refractivity contribution in [2.24, 2.45) is 0 Å². The average Bonchev–Trinajstić information content (AvgIpc) is 3.49. The Labute approximate surface area is 223 Å². The summed E-state index contributed by atoms with van der Waals surface area (Å²) in [6.07, 6.45) is 3.95. The quantitative estimate of drug-likeness (QED) is 0.344. The van der Waals surface area contributed by atoms with E-state index in [-0.39, 0.29) is 33.5 Å². The van der Waals surface area contributed by atoms with E-state index in [0.29, 0.717) is 21.9 Å². The molecule has 0 spiro atoms. The number of aromatic nitrogens is 1. The van der Waals surface area contributed by atoms with Crippen LogP contribution in [0.1, 0.15) is 53.3 Å². The Morgan fingerprint density at radius 2 is 1.80 bits per heavy atom. The summed E-state index contributed by atoms with van der Waals surface area (Å²) >= 11 is 19.8. The van der Waals surface area contributed by atoms with Gasteiger partial charge in [-0.3, -0.25) is 9.59 Å². The summed E-state index contributed by atoms with van der Waals surface area (Å²) in [5, 5.41) is 3.69. The van der Waals surface area contributed by atoms with Crippen LogP contribution in [0.4, 0.5) is 0 Å². The fraction of sp³-hybridized carbons (Fsp3) is 0.320. The van der Waals surface area contributed by atoms with E-state index in [1.54, 1.807) is 37.4 Å². The molecule has 35 heavy (non-hydrogen) atoms. The third kappa shape index (κ3) is 5.92. The number of methoxy groups -OCH3 is 1. The number of carbonyl (C=O) groups excluding carboxylic acids is 2. The minimum atomic E-state index is -0.957. The number of ether oxygens (including phenoxy) is 1. The lowest BCUT2D eigenvalue weighted by Crippen LogP contribution is -2.46. The van der Waals surface area contributed by atoms with Gasteiger partial charge in [-0.1, -0.05) is 78.0 Å². The number of benzene rings is 2. The van der Waals surface area contributed by atoms with Gasteiger partial charge in [0.1, 0.15) is 21.2 Å². The van der Waals surface area contributed by atoms with E-state index in [4.69, 9.17) is 39.5 Å². The molecule has 184 valence electrons. The normalized spacial score (nSPS) is 14.5. The van der Waals surface area contributed by atoms with Crippen LogP contribution in [0.2, 0.25) is 14.4 Å². The fourth-order valence-electron chi connectivity index (χ4n) is 4.23. The molecule has 4 rings (SSSR count). The van der Waals surface area contributed by atoms with Gasteiger partial charge in [-0.25, -0.2) is 0 Å². The zero-order valence-electron chi connectivity index (χ0n) is 19.0. The van der Waals surface area contributed by atoms with Crippen molar-refractivity contribution >= 4 is 58.1 Å². The smallest absolute Gasteiger partial charge is 0.276 e. The van der Waals surface area contributed by atoms with E-state index in [1.807, 2.05) is 18.2 Å². The highest BCUT2D eigenvalue weighted by Gasteiger charge is 2.36. The molecular formula is C25H24Cl3N3O3S. The highest BCUT2D eigenvalue weighted by molar-refractivity contribution is 7.11. The Hall–Kier alpha value is -2.32. The Morgan fingerprint density at radius 3 is 2.40 bits per heavy atom. The standard InChI is InChI=1S/C25H24Cl3N3O3S/c1-34-18-12-10-15(11-13-18)22(24(32)29-17-7-3-4-8-17)31(14-16-6-2-5-9-19(16)26)25(33)21-20(27)23(28)35-30-21/h2,5-6,9-13,17,22H,3-4,7-8,14H2,1H3,(H,29,32)/t22-/m1/s1. The van der Waals surface area contributed by atoms with Crippen LogP contribution in [0.3, 0.4) is 0 Å². The average molecular weight is 553 g/mol. The second-order valence-corrected chi connectivity index (χ2v) is 10.5. The molecule has 1 N–H and O–H groups in total. The van der Waals surface area contributed by atoms with Gasteiger partial charge < -0.3 is 15.0 Å². The van der Waals surface area contributed by atoms with Gasteiger partial charge in [0.25, 0.3) is 5.91 Å². The second kappa shape index (κ2) is 11.6. The van der Waals surface area contributed by atoms with Crippen LogP contribution >= 0.6 is 46.3 Å². The van der Waals surface area contributed by atoms with Crippen molar-refractivity contribution in [2.45, 2.75) is 44.3 Å². The summed E-state index contributed by atoms with van der Waals surface area (Å²) in [6.45, 7) is 0.0682. The first kappa shape index (κ1) is 25.8. The van der Waals surface area contributed by atoms with E-state index in [2.05, 4.69) is 9.69 Å².